The van der Waals surface area contributed by atoms with Gasteiger partial charge in [0, 0.05) is 0 Å². The number of thioether (sulfide) groups is 1. The molecule has 1 aromatic carbocycles. The minimum absolute atomic E-state index is 0.326. The number of carboxylic acids is 2. The first-order valence-electron chi connectivity index (χ1n) is 8.44. The number of carboxylic acid groups (broad SMARTS) is 2. The van der Waals surface area contributed by atoms with E-state index in [2.05, 4.69) is 26.1 Å². The number of aliphatic carboxylic acids is 2. The van der Waals surface area contributed by atoms with Crippen molar-refractivity contribution in [1.29, 1.82) is 0 Å². The van der Waals surface area contributed by atoms with E-state index in [1.54, 1.807) is 18.1 Å². The monoisotopic (exact) mass is 446 g/mol. The summed E-state index contributed by atoms with van der Waals surface area (Å²) in [6, 6.07) is 4.10. The van der Waals surface area contributed by atoms with Crippen LogP contribution in [0.4, 0.5) is 0 Å². The average molecular weight is 447 g/mol. The van der Waals surface area contributed by atoms with Crippen LogP contribution in [0.2, 0.25) is 10.0 Å². The smallest absolute Gasteiger partial charge is 0.414 e. The Labute approximate surface area is 176 Å². The van der Waals surface area contributed by atoms with Gasteiger partial charge in [0.15, 0.2) is 5.16 Å². The molecule has 0 saturated carbocycles. The third kappa shape index (κ3) is 6.66. The Kier molecular flexibility index (Phi) is 8.56. The Morgan fingerprint density at radius 3 is 2.39 bits per heavy atom. The van der Waals surface area contributed by atoms with E-state index in [1.165, 1.54) is 18.4 Å². The van der Waals surface area contributed by atoms with Crippen molar-refractivity contribution >= 4 is 46.9 Å². The number of likely N-dealkylation sites (tertiary alicyclic amines) is 1. The van der Waals surface area contributed by atoms with E-state index in [4.69, 9.17) is 43.0 Å². The van der Waals surface area contributed by atoms with E-state index in [1.807, 2.05) is 13.0 Å². The molecule has 1 aliphatic heterocycles. The van der Waals surface area contributed by atoms with Crippen molar-refractivity contribution < 1.29 is 19.8 Å². The van der Waals surface area contributed by atoms with Crippen molar-refractivity contribution in [2.75, 3.05) is 13.1 Å². The first-order chi connectivity index (χ1) is 13.3. The van der Waals surface area contributed by atoms with Gasteiger partial charge < -0.3 is 10.2 Å². The number of hydrogen-bond acceptors (Lipinski definition) is 6. The van der Waals surface area contributed by atoms with Gasteiger partial charge in [0.2, 0.25) is 0 Å². The van der Waals surface area contributed by atoms with Crippen LogP contribution >= 0.6 is 35.0 Å². The molecule has 3 N–H and O–H groups in total. The molecular formula is C17H20Cl2N4O4S. The second kappa shape index (κ2) is 10.7. The van der Waals surface area contributed by atoms with Gasteiger partial charge in [-0.2, -0.15) is 5.10 Å². The van der Waals surface area contributed by atoms with E-state index < -0.39 is 11.9 Å². The molecule has 2 aromatic rings. The number of rotatable bonds is 5. The second-order valence-corrected chi connectivity index (χ2v) is 8.08. The number of nitrogens with one attached hydrogen (secondary N) is 1. The van der Waals surface area contributed by atoms with Crippen LogP contribution in [0.3, 0.4) is 0 Å². The summed E-state index contributed by atoms with van der Waals surface area (Å²) in [5.74, 6) is -3.65. The van der Waals surface area contributed by atoms with Crippen molar-refractivity contribution in [3.05, 3.63) is 39.6 Å². The summed E-state index contributed by atoms with van der Waals surface area (Å²) in [5.41, 5.74) is 2.23. The molecular weight excluding hydrogens is 427 g/mol. The van der Waals surface area contributed by atoms with Gasteiger partial charge in [-0.15, -0.1) is 0 Å². The lowest BCUT2D eigenvalue weighted by Crippen LogP contribution is -2.32. The number of benzene rings is 1. The maximum atomic E-state index is 9.10. The molecule has 2 heterocycles. The van der Waals surface area contributed by atoms with Gasteiger partial charge in [-0.3, -0.25) is 10.00 Å². The lowest BCUT2D eigenvalue weighted by molar-refractivity contribution is -0.159. The molecule has 1 saturated heterocycles. The number of halogens is 2. The number of carbonyl (C=O) groups is 2. The maximum Gasteiger partial charge on any atom is 0.414 e. The molecule has 1 aliphatic rings. The van der Waals surface area contributed by atoms with Crippen molar-refractivity contribution in [2.45, 2.75) is 36.7 Å². The number of H-pyrrole nitrogens is 1. The maximum absolute atomic E-state index is 9.10. The Morgan fingerprint density at radius 2 is 1.89 bits per heavy atom. The van der Waals surface area contributed by atoms with E-state index in [-0.39, 0.29) is 0 Å². The predicted molar refractivity (Wildman–Crippen MR) is 107 cm³/mol. The first-order valence-corrected chi connectivity index (χ1v) is 10.1. The minimum Gasteiger partial charge on any atom is -0.473 e. The van der Waals surface area contributed by atoms with Crippen LogP contribution in [0.25, 0.3) is 0 Å². The van der Waals surface area contributed by atoms with Crippen molar-refractivity contribution in [3.8, 4) is 0 Å². The zero-order valence-corrected chi connectivity index (χ0v) is 17.4. The molecule has 0 radical (unpaired) electrons. The predicted octanol–water partition coefficient (Wildman–Crippen LogP) is 3.33. The fourth-order valence-corrected chi connectivity index (χ4v) is 4.28. The summed E-state index contributed by atoms with van der Waals surface area (Å²) in [6.45, 7) is 4.25. The van der Waals surface area contributed by atoms with Crippen LogP contribution in [-0.2, 0) is 16.0 Å². The molecule has 0 spiro atoms. The Bertz CT molecular complexity index is 778. The summed E-state index contributed by atoms with van der Waals surface area (Å²) in [4.78, 5) is 24.9. The van der Waals surface area contributed by atoms with E-state index in [0.717, 1.165) is 30.2 Å². The Balaban J connectivity index is 0.000000409. The highest BCUT2D eigenvalue weighted by Crippen LogP contribution is 2.32. The highest BCUT2D eigenvalue weighted by atomic mass is 35.5. The highest BCUT2D eigenvalue weighted by Gasteiger charge is 2.24. The zero-order chi connectivity index (χ0) is 20.7. The third-order valence-electron chi connectivity index (χ3n) is 4.05. The summed E-state index contributed by atoms with van der Waals surface area (Å²) >= 11 is 14.1. The topological polar surface area (TPSA) is 119 Å². The van der Waals surface area contributed by atoms with E-state index in [9.17, 15) is 0 Å². The number of aromatic nitrogens is 3. The van der Waals surface area contributed by atoms with Gasteiger partial charge in [-0.05, 0) is 56.5 Å². The van der Waals surface area contributed by atoms with Crippen molar-refractivity contribution in [1.82, 2.24) is 20.1 Å². The van der Waals surface area contributed by atoms with Gasteiger partial charge in [0.05, 0.1) is 15.4 Å². The van der Waals surface area contributed by atoms with Crippen LogP contribution < -0.4 is 0 Å². The number of aryl methyl sites for hydroxylation is 1. The molecule has 11 heteroatoms. The molecule has 0 bridgehead atoms. The summed E-state index contributed by atoms with van der Waals surface area (Å²) in [6.07, 6.45) is 4.97. The fraction of sp³-hybridized carbons (Fsp3) is 0.412. The third-order valence-corrected chi connectivity index (χ3v) is 6.11. The lowest BCUT2D eigenvalue weighted by atomic mass is 10.1. The molecule has 0 aliphatic carbocycles. The number of aromatic amines is 1. The average Bonchev–Trinajstić information content (AvgIpc) is 3.33. The highest BCUT2D eigenvalue weighted by molar-refractivity contribution is 7.99. The molecule has 1 atom stereocenters. The lowest BCUT2D eigenvalue weighted by Gasteiger charge is -2.26. The van der Waals surface area contributed by atoms with Gasteiger partial charge >= 0.3 is 11.9 Å². The van der Waals surface area contributed by atoms with Crippen LogP contribution in [0.15, 0.2) is 23.6 Å². The van der Waals surface area contributed by atoms with Gasteiger partial charge in [0.1, 0.15) is 6.33 Å². The Morgan fingerprint density at radius 1 is 1.25 bits per heavy atom. The van der Waals surface area contributed by atoms with Crippen LogP contribution in [-0.4, -0.2) is 60.7 Å². The molecule has 152 valence electrons. The largest absolute Gasteiger partial charge is 0.473 e. The Hall–Kier alpha value is -1.81. The van der Waals surface area contributed by atoms with E-state index >= 15 is 0 Å². The fourth-order valence-electron chi connectivity index (χ4n) is 2.77. The molecule has 0 amide bonds. The molecule has 1 unspecified atom stereocenters. The summed E-state index contributed by atoms with van der Waals surface area (Å²) in [7, 11) is 0. The number of nitrogens with zero attached hydrogens (tertiary/aromatic N) is 3. The molecule has 1 aromatic heterocycles. The quantitative estimate of drug-likeness (QED) is 0.472. The second-order valence-electron chi connectivity index (χ2n) is 6.13. The molecule has 1 fully saturated rings. The van der Waals surface area contributed by atoms with Gasteiger partial charge in [-0.1, -0.05) is 41.0 Å². The standard InChI is InChI=1S/C15H18Cl2N4S.C2H2O4/c1-10-6-11(7-12(16)14(10)17)8-13(21-4-2-3-5-21)22-15-18-9-19-20-15;3-1(4)2(5)6/h6-7,9,13H,2-5,8H2,1H3,(H,18,19,20);(H,3,4)(H,5,6). The van der Waals surface area contributed by atoms with Crippen LogP contribution in [0, 0.1) is 6.92 Å². The summed E-state index contributed by atoms with van der Waals surface area (Å²) in [5, 5.41) is 24.1. The summed E-state index contributed by atoms with van der Waals surface area (Å²) < 4.78 is 0. The van der Waals surface area contributed by atoms with E-state index in [0.29, 0.717) is 15.4 Å². The van der Waals surface area contributed by atoms with Crippen molar-refractivity contribution in [2.24, 2.45) is 0 Å². The number of hydrogen-bond donors (Lipinski definition) is 3. The molecule has 8 nitrogen and oxygen atoms in total. The van der Waals surface area contributed by atoms with Crippen LogP contribution in [0.1, 0.15) is 24.0 Å². The SMILES string of the molecule is Cc1cc(CC(Sc2ncn[nH]2)N2CCCC2)cc(Cl)c1Cl.O=C(O)C(=O)O. The minimum atomic E-state index is -1.82. The first kappa shape index (κ1) is 22.5. The van der Waals surface area contributed by atoms with Crippen LogP contribution in [0.5, 0.6) is 0 Å². The molecule has 28 heavy (non-hydrogen) atoms. The zero-order valence-electron chi connectivity index (χ0n) is 15.1. The normalized spacial score (nSPS) is 15.0. The van der Waals surface area contributed by atoms with Crippen molar-refractivity contribution in [3.63, 3.8) is 0 Å². The van der Waals surface area contributed by atoms with Gasteiger partial charge in [0.25, 0.3) is 0 Å². The van der Waals surface area contributed by atoms with Gasteiger partial charge in [-0.25, -0.2) is 14.6 Å². The molecule has 3 rings (SSSR count).